The predicted octanol–water partition coefficient (Wildman–Crippen LogP) is 5.11. The molecule has 0 radical (unpaired) electrons. The molecule has 0 amide bonds. The van der Waals surface area contributed by atoms with Crippen LogP contribution in [-0.4, -0.2) is 8.07 Å². The number of rotatable bonds is 3. The van der Waals surface area contributed by atoms with Gasteiger partial charge in [0, 0.05) is 0 Å². The zero-order valence-electron chi connectivity index (χ0n) is 15.9. The standard InChI is InChI=1S/C26H24Si/c1-27(2,18-19-8-4-3-5-9-19)25-13-7-11-21-15-16-23-22-12-6-10-20(22)14-17-24(23)26(21)25/h3-17,25H,18H2,1-2H3. The summed E-state index contributed by atoms with van der Waals surface area (Å²) >= 11 is 0. The molecule has 1 unspecified atom stereocenters. The third kappa shape index (κ3) is 2.74. The van der Waals surface area contributed by atoms with Gasteiger partial charge in [0.15, 0.2) is 0 Å². The second-order valence-electron chi connectivity index (χ2n) is 8.44. The van der Waals surface area contributed by atoms with Crippen molar-refractivity contribution in [2.75, 3.05) is 0 Å². The normalized spacial score (nSPS) is 17.3. The molecule has 0 fully saturated rings. The smallest absolute Gasteiger partial charge is 0.0639 e. The highest BCUT2D eigenvalue weighted by Gasteiger charge is 2.33. The molecule has 0 aromatic heterocycles. The molecule has 132 valence electrons. The average molecular weight is 365 g/mol. The van der Waals surface area contributed by atoms with Crippen LogP contribution in [0.5, 0.6) is 0 Å². The zero-order valence-corrected chi connectivity index (χ0v) is 16.9. The van der Waals surface area contributed by atoms with Gasteiger partial charge in [0.05, 0.1) is 8.07 Å². The van der Waals surface area contributed by atoms with Crippen LogP contribution in [0.2, 0.25) is 13.1 Å². The summed E-state index contributed by atoms with van der Waals surface area (Å²) in [5.74, 6) is 0. The molecule has 5 rings (SSSR count). The first-order valence-corrected chi connectivity index (χ1v) is 13.1. The van der Waals surface area contributed by atoms with E-state index in [9.17, 15) is 0 Å². The lowest BCUT2D eigenvalue weighted by Gasteiger charge is -2.33. The van der Waals surface area contributed by atoms with E-state index in [1.54, 1.807) is 5.56 Å². The fraction of sp³-hybridized carbons (Fsp3) is 0.154. The van der Waals surface area contributed by atoms with E-state index in [2.05, 4.69) is 104 Å². The quantitative estimate of drug-likeness (QED) is 0.567. The van der Waals surface area contributed by atoms with E-state index in [-0.39, 0.29) is 0 Å². The van der Waals surface area contributed by atoms with Crippen LogP contribution in [0.15, 0.2) is 72.8 Å². The van der Waals surface area contributed by atoms with E-state index in [0.717, 1.165) is 0 Å². The minimum Gasteiger partial charge on any atom is -0.0797 e. The summed E-state index contributed by atoms with van der Waals surface area (Å²) < 4.78 is 0. The minimum atomic E-state index is -1.57. The molecule has 2 aliphatic rings. The topological polar surface area (TPSA) is 0 Å². The van der Waals surface area contributed by atoms with Crippen molar-refractivity contribution in [3.63, 3.8) is 0 Å². The van der Waals surface area contributed by atoms with Crippen molar-refractivity contribution in [3.8, 4) is 0 Å². The lowest BCUT2D eigenvalue weighted by Crippen LogP contribution is -2.40. The molecule has 0 N–H and O–H groups in total. The first-order chi connectivity index (χ1) is 13.1. The largest absolute Gasteiger partial charge is 0.0797 e. The number of hydrogen-bond donors (Lipinski definition) is 0. The summed E-state index contributed by atoms with van der Waals surface area (Å²) in [6, 6.07) is 21.5. The lowest BCUT2D eigenvalue weighted by atomic mass is 9.93. The summed E-state index contributed by atoms with van der Waals surface area (Å²) in [6.45, 7) is 5.09. The van der Waals surface area contributed by atoms with E-state index < -0.39 is 8.07 Å². The van der Waals surface area contributed by atoms with Crippen molar-refractivity contribution < 1.29 is 0 Å². The molecule has 0 bridgehead atoms. The van der Waals surface area contributed by atoms with Crippen LogP contribution in [0, 0.1) is 0 Å². The molecule has 0 spiro atoms. The second-order valence-corrected chi connectivity index (χ2v) is 13.4. The average Bonchev–Trinajstić information content (AvgIpc) is 3.16. The van der Waals surface area contributed by atoms with Gasteiger partial charge in [-0.25, -0.2) is 0 Å². The molecule has 27 heavy (non-hydrogen) atoms. The predicted molar refractivity (Wildman–Crippen MR) is 121 cm³/mol. The Morgan fingerprint density at radius 1 is 0.778 bits per heavy atom. The maximum Gasteiger partial charge on any atom is 0.0639 e. The molecule has 0 heterocycles. The zero-order chi connectivity index (χ0) is 18.4. The van der Waals surface area contributed by atoms with E-state index >= 15 is 0 Å². The van der Waals surface area contributed by atoms with Crippen LogP contribution in [0.1, 0.15) is 22.2 Å². The van der Waals surface area contributed by atoms with Crippen molar-refractivity contribution in [3.05, 3.63) is 100.0 Å². The van der Waals surface area contributed by atoms with Crippen molar-refractivity contribution in [1.29, 1.82) is 0 Å². The fourth-order valence-corrected chi connectivity index (χ4v) is 8.05. The monoisotopic (exact) mass is 364 g/mol. The Balaban J connectivity index is 1.69. The van der Waals surface area contributed by atoms with Gasteiger partial charge in [0.2, 0.25) is 0 Å². The fourth-order valence-electron chi connectivity index (χ4n) is 4.81. The Hall–Kier alpha value is -2.64. The van der Waals surface area contributed by atoms with Gasteiger partial charge in [-0.3, -0.25) is 0 Å². The number of hydrogen-bond acceptors (Lipinski definition) is 0. The summed E-state index contributed by atoms with van der Waals surface area (Å²) in [7, 11) is -1.57. The molecule has 0 saturated heterocycles. The summed E-state index contributed by atoms with van der Waals surface area (Å²) in [4.78, 5) is 0. The minimum absolute atomic E-state index is 0.536. The van der Waals surface area contributed by atoms with Gasteiger partial charge in [0.25, 0.3) is 0 Å². The van der Waals surface area contributed by atoms with Crippen LogP contribution < -0.4 is 10.4 Å². The maximum atomic E-state index is 2.55. The third-order valence-corrected chi connectivity index (χ3v) is 9.61. The van der Waals surface area contributed by atoms with Gasteiger partial charge in [-0.15, -0.1) is 0 Å². The Morgan fingerprint density at radius 3 is 2.37 bits per heavy atom. The lowest BCUT2D eigenvalue weighted by molar-refractivity contribution is 1.08. The molecule has 0 saturated carbocycles. The van der Waals surface area contributed by atoms with Gasteiger partial charge in [-0.2, -0.15) is 0 Å². The van der Waals surface area contributed by atoms with Gasteiger partial charge < -0.3 is 0 Å². The van der Waals surface area contributed by atoms with Gasteiger partial charge in [-0.1, -0.05) is 110 Å². The molecule has 3 aromatic carbocycles. The molecular formula is C26H24Si. The first-order valence-electron chi connectivity index (χ1n) is 9.80. The van der Waals surface area contributed by atoms with Crippen LogP contribution in [0.25, 0.3) is 29.0 Å². The highest BCUT2D eigenvalue weighted by atomic mass is 28.3. The Morgan fingerprint density at radius 2 is 1.52 bits per heavy atom. The van der Waals surface area contributed by atoms with Crippen LogP contribution in [0.3, 0.4) is 0 Å². The molecule has 1 atom stereocenters. The number of allylic oxidation sites excluding steroid dienone is 3. The second kappa shape index (κ2) is 6.21. The summed E-state index contributed by atoms with van der Waals surface area (Å²) in [5, 5.41) is 5.57. The number of fused-ring (bicyclic) bond motifs is 5. The molecule has 2 aliphatic carbocycles. The first kappa shape index (κ1) is 16.5. The van der Waals surface area contributed by atoms with Crippen molar-refractivity contribution in [2.45, 2.75) is 24.7 Å². The van der Waals surface area contributed by atoms with Gasteiger partial charge in [0.1, 0.15) is 0 Å². The number of benzene rings is 3. The van der Waals surface area contributed by atoms with Crippen LogP contribution in [0.4, 0.5) is 0 Å². The van der Waals surface area contributed by atoms with Crippen molar-refractivity contribution in [1.82, 2.24) is 0 Å². The third-order valence-electron chi connectivity index (χ3n) is 6.13. The van der Waals surface area contributed by atoms with E-state index in [1.807, 2.05) is 0 Å². The van der Waals surface area contributed by atoms with Crippen molar-refractivity contribution >= 4 is 37.1 Å². The van der Waals surface area contributed by atoms with Crippen LogP contribution >= 0.6 is 0 Å². The SMILES string of the molecule is C[Si](C)(Cc1ccccc1)C1C=CC=c2ccc3c4c(ccc3c21)=CC=C4. The van der Waals surface area contributed by atoms with Gasteiger partial charge >= 0.3 is 0 Å². The highest BCUT2D eigenvalue weighted by molar-refractivity contribution is 6.78. The van der Waals surface area contributed by atoms with E-state index in [1.165, 1.54) is 38.4 Å². The Labute approximate surface area is 161 Å². The Bertz CT molecular complexity index is 1210. The Kier molecular flexibility index (Phi) is 3.80. The summed E-state index contributed by atoms with van der Waals surface area (Å²) in [6.07, 6.45) is 13.7. The molecule has 3 aromatic rings. The van der Waals surface area contributed by atoms with Gasteiger partial charge in [-0.05, 0) is 43.9 Å². The molecule has 0 nitrogen and oxygen atoms in total. The van der Waals surface area contributed by atoms with Crippen molar-refractivity contribution in [2.24, 2.45) is 0 Å². The molecule has 0 aliphatic heterocycles. The van der Waals surface area contributed by atoms with Crippen LogP contribution in [-0.2, 0) is 6.04 Å². The van der Waals surface area contributed by atoms with E-state index in [0.29, 0.717) is 5.54 Å². The maximum absolute atomic E-state index is 2.55. The summed E-state index contributed by atoms with van der Waals surface area (Å²) in [5.41, 5.74) is 4.93. The molecular weight excluding hydrogens is 340 g/mol. The highest BCUT2D eigenvalue weighted by Crippen LogP contribution is 2.35. The molecule has 1 heteroatoms. The van der Waals surface area contributed by atoms with E-state index in [4.69, 9.17) is 0 Å².